The number of benzene rings is 2. The lowest BCUT2D eigenvalue weighted by Gasteiger charge is -2.11. The molecular formula is C14H14Cl2N2O2S. The Labute approximate surface area is 134 Å². The van der Waals surface area contributed by atoms with Crippen LogP contribution in [0, 0.1) is 0 Å². The van der Waals surface area contributed by atoms with Crippen molar-refractivity contribution < 1.29 is 8.42 Å². The summed E-state index contributed by atoms with van der Waals surface area (Å²) >= 11 is 11.8. The molecule has 0 spiro atoms. The molecule has 0 amide bonds. The van der Waals surface area contributed by atoms with Gasteiger partial charge in [-0.05, 0) is 49.4 Å². The van der Waals surface area contributed by atoms with E-state index in [0.717, 1.165) is 12.2 Å². The van der Waals surface area contributed by atoms with Gasteiger partial charge in [0, 0.05) is 17.3 Å². The van der Waals surface area contributed by atoms with Crippen molar-refractivity contribution >= 4 is 44.6 Å². The fourth-order valence-electron chi connectivity index (χ4n) is 1.74. The van der Waals surface area contributed by atoms with E-state index in [4.69, 9.17) is 23.2 Å². The van der Waals surface area contributed by atoms with Crippen LogP contribution in [0.3, 0.4) is 0 Å². The van der Waals surface area contributed by atoms with E-state index in [2.05, 4.69) is 10.0 Å². The highest BCUT2D eigenvalue weighted by atomic mass is 35.5. The number of hydrogen-bond donors (Lipinski definition) is 2. The quantitative estimate of drug-likeness (QED) is 0.853. The zero-order valence-corrected chi connectivity index (χ0v) is 13.6. The number of hydrogen-bond acceptors (Lipinski definition) is 3. The standard InChI is InChI=1S/C14H14Cl2N2O2S/c1-2-17-11-4-6-12(7-5-11)21(19,20)18-14-9-10(15)3-8-13(14)16/h3-9,17-18H,2H2,1H3. The highest BCUT2D eigenvalue weighted by molar-refractivity contribution is 7.92. The molecule has 4 nitrogen and oxygen atoms in total. The van der Waals surface area contributed by atoms with Gasteiger partial charge in [-0.25, -0.2) is 8.42 Å². The van der Waals surface area contributed by atoms with Crippen molar-refractivity contribution in [1.82, 2.24) is 0 Å². The highest BCUT2D eigenvalue weighted by Gasteiger charge is 2.15. The molecular weight excluding hydrogens is 331 g/mol. The minimum atomic E-state index is -3.71. The fraction of sp³-hybridized carbons (Fsp3) is 0.143. The molecule has 0 saturated heterocycles. The molecule has 0 atom stereocenters. The second-order valence-corrected chi connectivity index (χ2v) is 6.81. The Morgan fingerprint density at radius 3 is 2.33 bits per heavy atom. The Hall–Kier alpha value is -1.43. The Balaban J connectivity index is 2.27. The van der Waals surface area contributed by atoms with Gasteiger partial charge in [-0.2, -0.15) is 0 Å². The number of rotatable bonds is 5. The molecule has 2 aromatic carbocycles. The molecule has 0 aromatic heterocycles. The van der Waals surface area contributed by atoms with Crippen LogP contribution in [0.25, 0.3) is 0 Å². The Morgan fingerprint density at radius 1 is 1.05 bits per heavy atom. The van der Waals surface area contributed by atoms with Gasteiger partial charge in [0.2, 0.25) is 0 Å². The van der Waals surface area contributed by atoms with Crippen molar-refractivity contribution in [3.8, 4) is 0 Å². The molecule has 0 aliphatic carbocycles. The van der Waals surface area contributed by atoms with Gasteiger partial charge in [0.1, 0.15) is 0 Å². The molecule has 0 radical (unpaired) electrons. The maximum atomic E-state index is 12.3. The third kappa shape index (κ3) is 4.03. The van der Waals surface area contributed by atoms with Gasteiger partial charge in [0.05, 0.1) is 15.6 Å². The second-order valence-electron chi connectivity index (χ2n) is 4.28. The van der Waals surface area contributed by atoms with Gasteiger partial charge < -0.3 is 5.32 Å². The average molecular weight is 345 g/mol. The summed E-state index contributed by atoms with van der Waals surface area (Å²) < 4.78 is 27.0. The second kappa shape index (κ2) is 6.56. The Bertz CT molecular complexity index is 731. The topological polar surface area (TPSA) is 58.2 Å². The molecule has 0 aliphatic rings. The van der Waals surface area contributed by atoms with Gasteiger partial charge in [-0.3, -0.25) is 4.72 Å². The minimum absolute atomic E-state index is 0.153. The number of halogens is 2. The normalized spacial score (nSPS) is 11.2. The highest BCUT2D eigenvalue weighted by Crippen LogP contribution is 2.28. The van der Waals surface area contributed by atoms with Crippen LogP contribution in [0.2, 0.25) is 10.0 Å². The molecule has 0 heterocycles. The van der Waals surface area contributed by atoms with E-state index in [1.54, 1.807) is 18.2 Å². The SMILES string of the molecule is CCNc1ccc(S(=O)(=O)Nc2cc(Cl)ccc2Cl)cc1. The van der Waals surface area contributed by atoms with Gasteiger partial charge >= 0.3 is 0 Å². The predicted molar refractivity (Wildman–Crippen MR) is 87.9 cm³/mol. The zero-order chi connectivity index (χ0) is 15.5. The zero-order valence-electron chi connectivity index (χ0n) is 11.2. The fourth-order valence-corrected chi connectivity index (χ4v) is 3.20. The van der Waals surface area contributed by atoms with Crippen LogP contribution in [0.15, 0.2) is 47.4 Å². The van der Waals surface area contributed by atoms with E-state index in [-0.39, 0.29) is 15.6 Å². The van der Waals surface area contributed by atoms with Crippen molar-refractivity contribution in [1.29, 1.82) is 0 Å². The first kappa shape index (κ1) is 15.9. The van der Waals surface area contributed by atoms with Gasteiger partial charge in [0.25, 0.3) is 10.0 Å². The molecule has 0 aliphatic heterocycles. The molecule has 2 N–H and O–H groups in total. The summed E-state index contributed by atoms with van der Waals surface area (Å²) in [5.41, 5.74) is 1.11. The van der Waals surface area contributed by atoms with Gasteiger partial charge in [0.15, 0.2) is 0 Å². The van der Waals surface area contributed by atoms with Crippen molar-refractivity contribution in [3.63, 3.8) is 0 Å². The van der Waals surface area contributed by atoms with Crippen LogP contribution in [-0.4, -0.2) is 15.0 Å². The van der Waals surface area contributed by atoms with Gasteiger partial charge in [-0.15, -0.1) is 0 Å². The number of nitrogens with one attached hydrogen (secondary N) is 2. The lowest BCUT2D eigenvalue weighted by atomic mass is 10.3. The van der Waals surface area contributed by atoms with Crippen LogP contribution in [0.1, 0.15) is 6.92 Å². The van der Waals surface area contributed by atoms with Crippen LogP contribution in [-0.2, 0) is 10.0 Å². The van der Waals surface area contributed by atoms with Crippen LogP contribution < -0.4 is 10.0 Å². The average Bonchev–Trinajstić information content (AvgIpc) is 2.44. The first-order chi connectivity index (χ1) is 9.92. The molecule has 7 heteroatoms. The first-order valence-corrected chi connectivity index (χ1v) is 8.48. The van der Waals surface area contributed by atoms with Gasteiger partial charge in [-0.1, -0.05) is 23.2 Å². The molecule has 21 heavy (non-hydrogen) atoms. The summed E-state index contributed by atoms with van der Waals surface area (Å²) in [5.74, 6) is 0. The molecule has 2 aromatic rings. The first-order valence-electron chi connectivity index (χ1n) is 6.24. The van der Waals surface area contributed by atoms with Crippen molar-refractivity contribution in [2.45, 2.75) is 11.8 Å². The lowest BCUT2D eigenvalue weighted by molar-refractivity contribution is 0.601. The summed E-state index contributed by atoms with van der Waals surface area (Å²) in [5, 5.41) is 3.79. The van der Waals surface area contributed by atoms with E-state index in [9.17, 15) is 8.42 Å². The molecule has 0 bridgehead atoms. The third-order valence-corrected chi connectivity index (χ3v) is 4.66. The predicted octanol–water partition coefficient (Wildman–Crippen LogP) is 4.23. The van der Waals surface area contributed by atoms with E-state index in [1.807, 2.05) is 6.92 Å². The van der Waals surface area contributed by atoms with E-state index >= 15 is 0 Å². The van der Waals surface area contributed by atoms with E-state index in [0.29, 0.717) is 5.02 Å². The van der Waals surface area contributed by atoms with Crippen molar-refractivity contribution in [2.24, 2.45) is 0 Å². The summed E-state index contributed by atoms with van der Waals surface area (Å²) in [4.78, 5) is 0.153. The molecule has 2 rings (SSSR count). The van der Waals surface area contributed by atoms with Crippen molar-refractivity contribution in [2.75, 3.05) is 16.6 Å². The Kier molecular flexibility index (Phi) is 4.98. The molecule has 0 saturated carbocycles. The minimum Gasteiger partial charge on any atom is -0.385 e. The molecule has 0 fully saturated rings. The summed E-state index contributed by atoms with van der Waals surface area (Å²) in [7, 11) is -3.71. The van der Waals surface area contributed by atoms with E-state index in [1.165, 1.54) is 24.3 Å². The lowest BCUT2D eigenvalue weighted by Crippen LogP contribution is -2.13. The summed E-state index contributed by atoms with van der Waals surface area (Å²) in [6.07, 6.45) is 0. The van der Waals surface area contributed by atoms with Crippen LogP contribution >= 0.6 is 23.2 Å². The van der Waals surface area contributed by atoms with Crippen LogP contribution in [0.4, 0.5) is 11.4 Å². The number of sulfonamides is 1. The monoisotopic (exact) mass is 344 g/mol. The maximum Gasteiger partial charge on any atom is 0.261 e. The summed E-state index contributed by atoms with van der Waals surface area (Å²) in [6.45, 7) is 2.73. The molecule has 112 valence electrons. The Morgan fingerprint density at radius 2 is 1.71 bits per heavy atom. The van der Waals surface area contributed by atoms with E-state index < -0.39 is 10.0 Å². The number of anilines is 2. The maximum absolute atomic E-state index is 12.3. The summed E-state index contributed by atoms with van der Waals surface area (Å²) in [6, 6.07) is 11.1. The largest absolute Gasteiger partial charge is 0.385 e. The van der Waals surface area contributed by atoms with Crippen molar-refractivity contribution in [3.05, 3.63) is 52.5 Å². The smallest absolute Gasteiger partial charge is 0.261 e. The van der Waals surface area contributed by atoms with Crippen LogP contribution in [0.5, 0.6) is 0 Å². The third-order valence-electron chi connectivity index (χ3n) is 2.72. The molecule has 0 unspecified atom stereocenters.